The molecule has 10 nitrogen and oxygen atoms in total. The van der Waals surface area contributed by atoms with Gasteiger partial charge in [0.05, 0.1) is 10.5 Å². The van der Waals surface area contributed by atoms with E-state index in [-0.39, 0.29) is 0 Å². The summed E-state index contributed by atoms with van der Waals surface area (Å²) in [6.07, 6.45) is -5.24. The Kier molecular flexibility index (Phi) is 8.06. The van der Waals surface area contributed by atoms with Crippen molar-refractivity contribution in [2.24, 2.45) is 0 Å². The van der Waals surface area contributed by atoms with E-state index in [1.165, 1.54) is 0 Å². The Bertz CT molecular complexity index is 1540. The number of aromatic nitrogens is 1. The van der Waals surface area contributed by atoms with Crippen LogP contribution in [-0.2, 0) is 49.3 Å². The van der Waals surface area contributed by atoms with Gasteiger partial charge in [0.1, 0.15) is 12.7 Å². The van der Waals surface area contributed by atoms with E-state index >= 15 is 0 Å². The minimum atomic E-state index is -1.61. The first-order chi connectivity index (χ1) is 21.6. The molecular weight excluding hydrogens is 622 g/mol. The van der Waals surface area contributed by atoms with Gasteiger partial charge in [-0.25, -0.2) is 0 Å². The molecule has 0 amide bonds. The fourth-order valence-corrected chi connectivity index (χ4v) is 5.36. The second kappa shape index (κ2) is 13.1. The SMILES string of the molecule is [2H]CC(=O)OC[C@H]1OC(n2cc(Cc3ccc(Br)cc3)c3c(Cl)cccc32)[C@H](OC(=O)C[2H])[C@@H](OC(=O)C[2H])[C@@H]1OC(=O)C[2H]. The monoisotopic (exact) mass is 653 g/mol. The summed E-state index contributed by atoms with van der Waals surface area (Å²) in [5.74, 6) is -4.04. The minimum absolute atomic E-state index is 0.411. The molecule has 0 N–H and O–H groups in total. The van der Waals surface area contributed by atoms with E-state index in [9.17, 15) is 19.2 Å². The van der Waals surface area contributed by atoms with Crippen LogP contribution >= 0.6 is 27.5 Å². The van der Waals surface area contributed by atoms with Crippen molar-refractivity contribution in [2.45, 2.75) is 64.7 Å². The van der Waals surface area contributed by atoms with E-state index in [4.69, 9.17) is 40.8 Å². The number of rotatable bonds is 8. The normalized spacial score (nSPS) is 23.4. The molecule has 1 aromatic heterocycles. The Morgan fingerprint density at radius 1 is 0.902 bits per heavy atom. The van der Waals surface area contributed by atoms with Gasteiger partial charge in [0, 0.05) is 49.1 Å². The molecule has 12 heteroatoms. The number of carbonyl (C=O) groups is 4. The van der Waals surface area contributed by atoms with Gasteiger partial charge in [-0.2, -0.15) is 0 Å². The van der Waals surface area contributed by atoms with Crippen molar-refractivity contribution in [3.8, 4) is 0 Å². The Morgan fingerprint density at radius 3 is 2.20 bits per heavy atom. The third-order valence-corrected chi connectivity index (χ3v) is 7.13. The van der Waals surface area contributed by atoms with E-state index in [0.717, 1.165) is 15.6 Å². The maximum Gasteiger partial charge on any atom is 0.303 e. The minimum Gasteiger partial charge on any atom is -0.463 e. The van der Waals surface area contributed by atoms with E-state index in [1.54, 1.807) is 29.0 Å². The van der Waals surface area contributed by atoms with Crippen molar-refractivity contribution in [3.63, 3.8) is 0 Å². The zero-order valence-corrected chi connectivity index (χ0v) is 24.0. The van der Waals surface area contributed by atoms with Crippen molar-refractivity contribution in [1.82, 2.24) is 4.57 Å². The Balaban J connectivity index is 1.89. The third kappa shape index (κ3) is 7.27. The van der Waals surface area contributed by atoms with Crippen LogP contribution in [0.3, 0.4) is 0 Å². The molecule has 5 atom stereocenters. The maximum absolute atomic E-state index is 12.6. The Labute approximate surface area is 255 Å². The molecule has 2 aromatic carbocycles. The lowest BCUT2D eigenvalue weighted by atomic mass is 9.97. The summed E-state index contributed by atoms with van der Waals surface area (Å²) in [5.41, 5.74) is 2.23. The molecule has 0 bridgehead atoms. The Morgan fingerprint density at radius 2 is 1.54 bits per heavy atom. The lowest BCUT2D eigenvalue weighted by Crippen LogP contribution is -2.60. The van der Waals surface area contributed by atoms with Crippen LogP contribution in [0.4, 0.5) is 0 Å². The van der Waals surface area contributed by atoms with E-state index < -0.39 is 88.7 Å². The van der Waals surface area contributed by atoms with E-state index in [2.05, 4.69) is 15.9 Å². The van der Waals surface area contributed by atoms with Crippen LogP contribution in [0.5, 0.6) is 0 Å². The average Bonchev–Trinajstić information content (AvgIpc) is 3.41. The van der Waals surface area contributed by atoms with Crippen molar-refractivity contribution < 1.29 is 48.3 Å². The summed E-state index contributed by atoms with van der Waals surface area (Å²) >= 11 is 10.1. The molecular formula is C29H29BrClNO9. The summed E-state index contributed by atoms with van der Waals surface area (Å²) in [7, 11) is 0. The maximum atomic E-state index is 12.6. The summed E-state index contributed by atoms with van der Waals surface area (Å²) in [5, 5.41) is 1.06. The molecule has 218 valence electrons. The first-order valence-electron chi connectivity index (χ1n) is 15.0. The highest BCUT2D eigenvalue weighted by Gasteiger charge is 2.53. The molecule has 1 aliphatic heterocycles. The van der Waals surface area contributed by atoms with Gasteiger partial charge in [0.2, 0.25) is 0 Å². The van der Waals surface area contributed by atoms with Crippen LogP contribution in [0.1, 0.15) is 50.4 Å². The van der Waals surface area contributed by atoms with Crippen molar-refractivity contribution in [2.75, 3.05) is 6.61 Å². The fourth-order valence-electron chi connectivity index (χ4n) is 4.80. The highest BCUT2D eigenvalue weighted by Crippen LogP contribution is 2.39. The summed E-state index contributed by atoms with van der Waals surface area (Å²) in [6.45, 7) is -3.75. The molecule has 0 spiro atoms. The van der Waals surface area contributed by atoms with Gasteiger partial charge in [-0.3, -0.25) is 19.2 Å². The fraction of sp³-hybridized carbons (Fsp3) is 0.379. The van der Waals surface area contributed by atoms with Crippen molar-refractivity contribution in [3.05, 3.63) is 69.3 Å². The van der Waals surface area contributed by atoms with Gasteiger partial charge in [-0.05, 0) is 41.8 Å². The smallest absolute Gasteiger partial charge is 0.303 e. The van der Waals surface area contributed by atoms with Crippen LogP contribution < -0.4 is 0 Å². The predicted molar refractivity (Wildman–Crippen MR) is 151 cm³/mol. The zero-order chi connectivity index (χ0) is 32.7. The predicted octanol–water partition coefficient (Wildman–Crippen LogP) is 4.90. The molecule has 1 aliphatic rings. The highest BCUT2D eigenvalue weighted by atomic mass is 79.9. The van der Waals surface area contributed by atoms with Crippen LogP contribution in [0.25, 0.3) is 10.9 Å². The number of ether oxygens (including phenoxy) is 5. The molecule has 1 saturated heterocycles. The second-order valence-corrected chi connectivity index (χ2v) is 10.4. The number of benzene rings is 2. The molecule has 2 heterocycles. The number of hydrogen-bond acceptors (Lipinski definition) is 9. The van der Waals surface area contributed by atoms with Gasteiger partial charge < -0.3 is 28.3 Å². The van der Waals surface area contributed by atoms with E-state index in [1.807, 2.05) is 24.3 Å². The summed E-state index contributed by atoms with van der Waals surface area (Å²) in [6, 6.07) is 12.8. The van der Waals surface area contributed by atoms with Crippen molar-refractivity contribution >= 4 is 62.3 Å². The molecule has 1 fully saturated rings. The van der Waals surface area contributed by atoms with Gasteiger partial charge in [-0.15, -0.1) is 0 Å². The molecule has 0 radical (unpaired) electrons. The number of hydrogen-bond donors (Lipinski definition) is 0. The summed E-state index contributed by atoms with van der Waals surface area (Å²) < 4.78 is 60.2. The molecule has 1 unspecified atom stereocenters. The zero-order valence-electron chi connectivity index (χ0n) is 25.6. The first-order valence-corrected chi connectivity index (χ1v) is 13.4. The topological polar surface area (TPSA) is 119 Å². The number of fused-ring (bicyclic) bond motifs is 1. The first kappa shape index (κ1) is 25.3. The number of carbonyl (C=O) groups excluding carboxylic acids is 4. The van der Waals surface area contributed by atoms with Gasteiger partial charge in [0.15, 0.2) is 24.5 Å². The largest absolute Gasteiger partial charge is 0.463 e. The molecule has 3 aromatic rings. The van der Waals surface area contributed by atoms with Crippen LogP contribution in [-0.4, -0.2) is 59.5 Å². The molecule has 41 heavy (non-hydrogen) atoms. The number of halogens is 2. The van der Waals surface area contributed by atoms with Crippen LogP contribution in [0.2, 0.25) is 5.02 Å². The lowest BCUT2D eigenvalue weighted by Gasteiger charge is -2.44. The lowest BCUT2D eigenvalue weighted by molar-refractivity contribution is -0.267. The quantitative estimate of drug-likeness (QED) is 0.247. The van der Waals surface area contributed by atoms with Gasteiger partial charge >= 0.3 is 23.9 Å². The van der Waals surface area contributed by atoms with Crippen molar-refractivity contribution in [1.29, 1.82) is 0 Å². The van der Waals surface area contributed by atoms with Crippen LogP contribution in [0.15, 0.2) is 53.1 Å². The standard InChI is InChI=1S/C29H29BrClNO9/c1-15(33)37-14-24-26(38-16(2)34)27(39-17(3)35)28(40-18(4)36)29(41-24)32-13-20(12-19-8-10-21(30)11-9-19)25-22(31)6-5-7-23(25)32/h5-11,13,24,26-29H,12,14H2,1-4H3/t24-,26-,27+,28-,29?/m1/s1/i1D,2D,3D,4D. The third-order valence-electron chi connectivity index (χ3n) is 6.29. The highest BCUT2D eigenvalue weighted by molar-refractivity contribution is 9.10. The second-order valence-electron chi connectivity index (χ2n) is 9.11. The number of esters is 4. The van der Waals surface area contributed by atoms with Gasteiger partial charge in [0.25, 0.3) is 0 Å². The van der Waals surface area contributed by atoms with E-state index in [0.29, 0.717) is 22.3 Å². The Hall–Kier alpha value is -3.41. The van der Waals surface area contributed by atoms with Gasteiger partial charge in [-0.1, -0.05) is 45.7 Å². The van der Waals surface area contributed by atoms with Crippen LogP contribution in [0, 0.1) is 0 Å². The molecule has 0 saturated carbocycles. The molecule has 4 rings (SSSR count). The average molecular weight is 655 g/mol. The number of nitrogens with zero attached hydrogens (tertiary/aromatic N) is 1. The molecule has 0 aliphatic carbocycles. The summed E-state index contributed by atoms with van der Waals surface area (Å²) in [4.78, 5) is 49.3.